The third-order valence-corrected chi connectivity index (χ3v) is 4.62. The van der Waals surface area contributed by atoms with Crippen molar-refractivity contribution in [3.8, 4) is 0 Å². The predicted molar refractivity (Wildman–Crippen MR) is 91.9 cm³/mol. The Kier molecular flexibility index (Phi) is 6.63. The van der Waals surface area contributed by atoms with E-state index in [1.807, 2.05) is 12.1 Å². The lowest BCUT2D eigenvalue weighted by Gasteiger charge is -2.40. The van der Waals surface area contributed by atoms with Crippen LogP contribution in [-0.4, -0.2) is 37.7 Å². The summed E-state index contributed by atoms with van der Waals surface area (Å²) in [7, 11) is 0. The molecule has 1 unspecified atom stereocenters. The van der Waals surface area contributed by atoms with Gasteiger partial charge in [0.05, 0.1) is 13.2 Å². The Morgan fingerprint density at radius 2 is 1.75 bits per heavy atom. The summed E-state index contributed by atoms with van der Waals surface area (Å²) >= 11 is 5.93. The van der Waals surface area contributed by atoms with E-state index in [0.717, 1.165) is 18.5 Å². The molecular formula is C18H24ClNO4. The van der Waals surface area contributed by atoms with E-state index >= 15 is 0 Å². The molecule has 0 amide bonds. The second-order valence-corrected chi connectivity index (χ2v) is 6.29. The van der Waals surface area contributed by atoms with Crippen LogP contribution >= 0.6 is 11.6 Å². The van der Waals surface area contributed by atoms with Crippen molar-refractivity contribution in [2.45, 2.75) is 39.2 Å². The quantitative estimate of drug-likeness (QED) is 0.629. The number of ether oxygens (including phenoxy) is 2. The second-order valence-electron chi connectivity index (χ2n) is 5.85. The van der Waals surface area contributed by atoms with E-state index < -0.39 is 17.4 Å². The first kappa shape index (κ1) is 18.7. The molecule has 1 N–H and O–H groups in total. The largest absolute Gasteiger partial charge is 0.465 e. The van der Waals surface area contributed by atoms with Gasteiger partial charge < -0.3 is 14.8 Å². The molecule has 132 valence electrons. The Balaban J connectivity index is 2.33. The fourth-order valence-corrected chi connectivity index (χ4v) is 3.31. The minimum Gasteiger partial charge on any atom is -0.465 e. The van der Waals surface area contributed by atoms with E-state index in [4.69, 9.17) is 21.1 Å². The van der Waals surface area contributed by atoms with Crippen molar-refractivity contribution in [3.63, 3.8) is 0 Å². The molecule has 0 aliphatic carbocycles. The number of hydrogen-bond acceptors (Lipinski definition) is 5. The van der Waals surface area contributed by atoms with E-state index in [9.17, 15) is 9.59 Å². The maximum Gasteiger partial charge on any atom is 0.325 e. The molecule has 1 saturated heterocycles. The zero-order valence-corrected chi connectivity index (χ0v) is 14.9. The maximum absolute atomic E-state index is 12.7. The minimum absolute atomic E-state index is 0.230. The van der Waals surface area contributed by atoms with Crippen LogP contribution in [0.4, 0.5) is 0 Å². The highest BCUT2D eigenvalue weighted by atomic mass is 35.5. The molecule has 0 radical (unpaired) electrons. The highest BCUT2D eigenvalue weighted by Crippen LogP contribution is 2.36. The van der Waals surface area contributed by atoms with E-state index in [2.05, 4.69) is 5.32 Å². The number of rotatable bonds is 6. The predicted octanol–water partition coefficient (Wildman–Crippen LogP) is 2.75. The van der Waals surface area contributed by atoms with Crippen LogP contribution in [-0.2, 0) is 25.5 Å². The standard InChI is InChI=1S/C18H24ClNO4/c1-3-23-16(21)18(17(22)24-4-2)10-5-11-20-15(18)12-13-6-8-14(19)9-7-13/h6-9,15,20H,3-5,10-12H2,1-2H3. The molecule has 6 heteroatoms. The molecule has 1 aliphatic rings. The molecule has 0 saturated carbocycles. The van der Waals surface area contributed by atoms with E-state index in [0.29, 0.717) is 17.9 Å². The second kappa shape index (κ2) is 8.49. The molecule has 1 aromatic rings. The van der Waals surface area contributed by atoms with Crippen LogP contribution < -0.4 is 5.32 Å². The number of carbonyl (C=O) groups is 2. The number of hydrogen-bond donors (Lipinski definition) is 1. The van der Waals surface area contributed by atoms with Crippen LogP contribution in [0.25, 0.3) is 0 Å². The molecule has 1 heterocycles. The Morgan fingerprint density at radius 3 is 2.29 bits per heavy atom. The number of halogens is 1. The molecule has 0 aromatic heterocycles. The lowest BCUT2D eigenvalue weighted by atomic mass is 9.71. The van der Waals surface area contributed by atoms with Gasteiger partial charge in [-0.2, -0.15) is 0 Å². The average Bonchev–Trinajstić information content (AvgIpc) is 2.58. The fraction of sp³-hybridized carbons (Fsp3) is 0.556. The van der Waals surface area contributed by atoms with Crippen molar-refractivity contribution in [1.82, 2.24) is 5.32 Å². The molecular weight excluding hydrogens is 330 g/mol. The van der Waals surface area contributed by atoms with Crippen LogP contribution in [0.2, 0.25) is 5.02 Å². The molecule has 1 fully saturated rings. The van der Waals surface area contributed by atoms with Crippen LogP contribution in [0.1, 0.15) is 32.3 Å². The van der Waals surface area contributed by atoms with Crippen molar-refractivity contribution in [2.75, 3.05) is 19.8 Å². The Bertz CT molecular complexity index is 555. The summed E-state index contributed by atoms with van der Waals surface area (Å²) in [6.07, 6.45) is 1.67. The lowest BCUT2D eigenvalue weighted by Crippen LogP contribution is -2.60. The molecule has 0 spiro atoms. The molecule has 1 aromatic carbocycles. The molecule has 1 atom stereocenters. The van der Waals surface area contributed by atoms with Crippen LogP contribution in [0.3, 0.4) is 0 Å². The number of nitrogens with one attached hydrogen (secondary N) is 1. The summed E-state index contributed by atoms with van der Waals surface area (Å²) < 4.78 is 10.5. The molecule has 1 aliphatic heterocycles. The Morgan fingerprint density at radius 1 is 1.17 bits per heavy atom. The van der Waals surface area contributed by atoms with E-state index in [1.54, 1.807) is 26.0 Å². The molecule has 24 heavy (non-hydrogen) atoms. The first-order valence-electron chi connectivity index (χ1n) is 8.36. The lowest BCUT2D eigenvalue weighted by molar-refractivity contribution is -0.177. The summed E-state index contributed by atoms with van der Waals surface area (Å²) in [5, 5.41) is 3.97. The van der Waals surface area contributed by atoms with Crippen molar-refractivity contribution < 1.29 is 19.1 Å². The minimum atomic E-state index is -1.30. The number of carbonyl (C=O) groups excluding carboxylic acids is 2. The summed E-state index contributed by atoms with van der Waals surface area (Å²) in [6, 6.07) is 7.04. The zero-order valence-electron chi connectivity index (χ0n) is 14.1. The van der Waals surface area contributed by atoms with Gasteiger partial charge in [0.1, 0.15) is 0 Å². The summed E-state index contributed by atoms with van der Waals surface area (Å²) in [5.41, 5.74) is -0.305. The molecule has 0 bridgehead atoms. The van der Waals surface area contributed by atoms with Gasteiger partial charge in [0.25, 0.3) is 0 Å². The van der Waals surface area contributed by atoms with Gasteiger partial charge in [-0.3, -0.25) is 9.59 Å². The van der Waals surface area contributed by atoms with E-state index in [1.165, 1.54) is 0 Å². The smallest absolute Gasteiger partial charge is 0.325 e. The third-order valence-electron chi connectivity index (χ3n) is 4.37. The number of esters is 2. The van der Waals surface area contributed by atoms with Gasteiger partial charge in [-0.15, -0.1) is 0 Å². The summed E-state index contributed by atoms with van der Waals surface area (Å²) in [5.74, 6) is -1.01. The first-order valence-corrected chi connectivity index (χ1v) is 8.74. The van der Waals surface area contributed by atoms with Crippen molar-refractivity contribution in [3.05, 3.63) is 34.9 Å². The van der Waals surface area contributed by atoms with Crippen molar-refractivity contribution >= 4 is 23.5 Å². The highest BCUT2D eigenvalue weighted by Gasteiger charge is 2.55. The van der Waals surface area contributed by atoms with Gasteiger partial charge in [0.2, 0.25) is 0 Å². The number of piperidine rings is 1. The molecule has 5 nitrogen and oxygen atoms in total. The van der Waals surface area contributed by atoms with Gasteiger partial charge >= 0.3 is 11.9 Å². The Labute approximate surface area is 147 Å². The van der Waals surface area contributed by atoms with Crippen molar-refractivity contribution in [1.29, 1.82) is 0 Å². The van der Waals surface area contributed by atoms with Gasteiger partial charge in [0.15, 0.2) is 5.41 Å². The summed E-state index contributed by atoms with van der Waals surface area (Å²) in [6.45, 7) is 4.68. The zero-order chi connectivity index (χ0) is 17.6. The molecule has 2 rings (SSSR count). The normalized spacial score (nSPS) is 19.5. The van der Waals surface area contributed by atoms with Gasteiger partial charge in [0, 0.05) is 11.1 Å². The Hall–Kier alpha value is -1.59. The topological polar surface area (TPSA) is 64.6 Å². The van der Waals surface area contributed by atoms with Crippen molar-refractivity contribution in [2.24, 2.45) is 5.41 Å². The average molecular weight is 354 g/mol. The monoisotopic (exact) mass is 353 g/mol. The van der Waals surface area contributed by atoms with Gasteiger partial charge in [-0.05, 0) is 57.4 Å². The maximum atomic E-state index is 12.7. The SMILES string of the molecule is CCOC(=O)C1(C(=O)OCC)CCCNC1Cc1ccc(Cl)cc1. The fourth-order valence-electron chi connectivity index (χ4n) is 3.19. The van der Waals surface area contributed by atoms with Gasteiger partial charge in [-0.1, -0.05) is 23.7 Å². The van der Waals surface area contributed by atoms with Crippen LogP contribution in [0.5, 0.6) is 0 Å². The number of benzene rings is 1. The van der Waals surface area contributed by atoms with Crippen LogP contribution in [0.15, 0.2) is 24.3 Å². The third kappa shape index (κ3) is 3.90. The summed E-state index contributed by atoms with van der Waals surface area (Å²) in [4.78, 5) is 25.4. The van der Waals surface area contributed by atoms with E-state index in [-0.39, 0.29) is 19.3 Å². The van der Waals surface area contributed by atoms with Crippen LogP contribution in [0, 0.1) is 5.41 Å². The van der Waals surface area contributed by atoms with Gasteiger partial charge in [-0.25, -0.2) is 0 Å². The highest BCUT2D eigenvalue weighted by molar-refractivity contribution is 6.30. The first-order chi connectivity index (χ1) is 11.5.